The molecule has 1 heterocycles. The lowest BCUT2D eigenvalue weighted by atomic mass is 10.0. The Morgan fingerprint density at radius 2 is 1.62 bits per heavy atom. The minimum Gasteiger partial charge on any atom is -0.322 e. The molecule has 1 unspecified atom stereocenters. The van der Waals surface area contributed by atoms with Crippen molar-refractivity contribution in [3.8, 4) is 11.1 Å². The quantitative estimate of drug-likeness (QED) is 0.702. The Morgan fingerprint density at radius 1 is 0.966 bits per heavy atom. The van der Waals surface area contributed by atoms with Gasteiger partial charge in [-0.3, -0.25) is 9.10 Å². The second-order valence-corrected chi connectivity index (χ2v) is 9.21. The maximum atomic E-state index is 12.7. The Labute approximate surface area is 171 Å². The first-order valence-corrected chi connectivity index (χ1v) is 11.3. The van der Waals surface area contributed by atoms with Gasteiger partial charge in [0.15, 0.2) is 0 Å². The van der Waals surface area contributed by atoms with Crippen LogP contribution in [0.5, 0.6) is 0 Å². The highest BCUT2D eigenvalue weighted by molar-refractivity contribution is 7.92. The molecular weight excluding hydrogens is 384 g/mol. The van der Waals surface area contributed by atoms with Crippen molar-refractivity contribution in [3.05, 3.63) is 83.9 Å². The number of fused-ring (bicyclic) bond motifs is 1. The van der Waals surface area contributed by atoms with Crippen LogP contribution in [0.15, 0.2) is 72.8 Å². The molecule has 0 fully saturated rings. The number of amides is 1. The van der Waals surface area contributed by atoms with Crippen LogP contribution in [0, 0.1) is 0 Å². The molecule has 0 radical (unpaired) electrons. The summed E-state index contributed by atoms with van der Waals surface area (Å²) in [6.45, 7) is 1.87. The summed E-state index contributed by atoms with van der Waals surface area (Å²) in [5.74, 6) is -0.217. The second kappa shape index (κ2) is 7.37. The number of hydrogen-bond acceptors (Lipinski definition) is 3. The number of carbonyl (C=O) groups excluding carboxylic acids is 1. The van der Waals surface area contributed by atoms with Gasteiger partial charge in [0, 0.05) is 17.3 Å². The molecule has 1 N–H and O–H groups in total. The first-order chi connectivity index (χ1) is 13.8. The SMILES string of the molecule is CC1Cc2cc(C(=O)Nc3ccc(-c4ccccc4)cc3)ccc2N1S(C)(=O)=O. The number of benzene rings is 3. The maximum Gasteiger partial charge on any atom is 0.255 e. The van der Waals surface area contributed by atoms with Crippen LogP contribution in [0.1, 0.15) is 22.8 Å². The molecule has 1 atom stereocenters. The zero-order valence-corrected chi connectivity index (χ0v) is 17.1. The minimum atomic E-state index is -3.34. The highest BCUT2D eigenvalue weighted by Gasteiger charge is 2.32. The van der Waals surface area contributed by atoms with E-state index in [1.54, 1.807) is 18.2 Å². The second-order valence-electron chi connectivity index (χ2n) is 7.35. The standard InChI is InChI=1S/C23H22N2O3S/c1-16-14-20-15-19(10-13-22(20)25(16)29(2,27)28)23(26)24-21-11-8-18(9-12-21)17-6-4-3-5-7-17/h3-13,15-16H,14H2,1-2H3,(H,24,26). The van der Waals surface area contributed by atoms with Crippen LogP contribution in [-0.4, -0.2) is 26.6 Å². The average Bonchev–Trinajstić information content (AvgIpc) is 3.04. The monoisotopic (exact) mass is 406 g/mol. The average molecular weight is 407 g/mol. The Morgan fingerprint density at radius 3 is 2.28 bits per heavy atom. The van der Waals surface area contributed by atoms with Gasteiger partial charge in [-0.25, -0.2) is 8.42 Å². The van der Waals surface area contributed by atoms with Crippen molar-refractivity contribution in [2.45, 2.75) is 19.4 Å². The molecule has 0 aliphatic carbocycles. The lowest BCUT2D eigenvalue weighted by Gasteiger charge is -2.21. The molecule has 3 aromatic carbocycles. The topological polar surface area (TPSA) is 66.5 Å². The minimum absolute atomic E-state index is 0.149. The van der Waals surface area contributed by atoms with Gasteiger partial charge in [-0.15, -0.1) is 0 Å². The van der Waals surface area contributed by atoms with E-state index in [2.05, 4.69) is 5.32 Å². The van der Waals surface area contributed by atoms with E-state index < -0.39 is 10.0 Å². The molecule has 6 heteroatoms. The van der Waals surface area contributed by atoms with Crippen LogP contribution in [0.25, 0.3) is 11.1 Å². The summed E-state index contributed by atoms with van der Waals surface area (Å²) in [7, 11) is -3.34. The molecule has 1 amide bonds. The number of nitrogens with zero attached hydrogens (tertiary/aromatic N) is 1. The van der Waals surface area contributed by atoms with Crippen molar-refractivity contribution in [3.63, 3.8) is 0 Å². The van der Waals surface area contributed by atoms with Crippen LogP contribution in [0.2, 0.25) is 0 Å². The third-order valence-electron chi connectivity index (χ3n) is 5.10. The fourth-order valence-electron chi connectivity index (χ4n) is 3.83. The predicted octanol–water partition coefficient (Wildman–Crippen LogP) is 4.32. The number of nitrogens with one attached hydrogen (secondary N) is 1. The van der Waals surface area contributed by atoms with Crippen LogP contribution in [0.4, 0.5) is 11.4 Å². The van der Waals surface area contributed by atoms with Crippen LogP contribution >= 0.6 is 0 Å². The van der Waals surface area contributed by atoms with Gasteiger partial charge < -0.3 is 5.32 Å². The smallest absolute Gasteiger partial charge is 0.255 e. The Hall–Kier alpha value is -3.12. The number of rotatable bonds is 4. The molecule has 29 heavy (non-hydrogen) atoms. The van der Waals surface area contributed by atoms with E-state index in [1.807, 2.05) is 61.5 Å². The van der Waals surface area contributed by atoms with Gasteiger partial charge in [0.1, 0.15) is 0 Å². The lowest BCUT2D eigenvalue weighted by molar-refractivity contribution is 0.102. The fraction of sp³-hybridized carbons (Fsp3) is 0.174. The van der Waals surface area contributed by atoms with Gasteiger partial charge in [-0.05, 0) is 60.4 Å². The predicted molar refractivity (Wildman–Crippen MR) is 117 cm³/mol. The van der Waals surface area contributed by atoms with E-state index >= 15 is 0 Å². The highest BCUT2D eigenvalue weighted by atomic mass is 32.2. The van der Waals surface area contributed by atoms with Crippen molar-refractivity contribution in [1.82, 2.24) is 0 Å². The number of anilines is 2. The van der Waals surface area contributed by atoms with Crippen molar-refractivity contribution < 1.29 is 13.2 Å². The summed E-state index contributed by atoms with van der Waals surface area (Å²) >= 11 is 0. The van der Waals surface area contributed by atoms with E-state index in [1.165, 1.54) is 10.6 Å². The molecule has 0 spiro atoms. The van der Waals surface area contributed by atoms with Gasteiger partial charge in [0.05, 0.1) is 11.9 Å². The third-order valence-corrected chi connectivity index (χ3v) is 6.37. The molecule has 1 aliphatic heterocycles. The van der Waals surface area contributed by atoms with Crippen LogP contribution in [0.3, 0.4) is 0 Å². The molecule has 0 saturated heterocycles. The van der Waals surface area contributed by atoms with Gasteiger partial charge in [-0.2, -0.15) is 0 Å². The molecular formula is C23H22N2O3S. The van der Waals surface area contributed by atoms with Crippen LogP contribution < -0.4 is 9.62 Å². The van der Waals surface area contributed by atoms with Gasteiger partial charge in [0.2, 0.25) is 10.0 Å². The maximum absolute atomic E-state index is 12.7. The number of hydrogen-bond donors (Lipinski definition) is 1. The van der Waals surface area contributed by atoms with Crippen molar-refractivity contribution >= 4 is 27.3 Å². The molecule has 3 aromatic rings. The summed E-state index contributed by atoms with van der Waals surface area (Å²) in [6, 6.07) is 22.8. The summed E-state index contributed by atoms with van der Waals surface area (Å²) in [5.41, 5.74) is 4.95. The van der Waals surface area contributed by atoms with Crippen molar-refractivity contribution in [2.75, 3.05) is 15.9 Å². The molecule has 5 nitrogen and oxygen atoms in total. The molecule has 4 rings (SSSR count). The zero-order valence-electron chi connectivity index (χ0n) is 16.3. The number of carbonyl (C=O) groups is 1. The van der Waals surface area contributed by atoms with E-state index in [4.69, 9.17) is 0 Å². The Balaban J connectivity index is 1.52. The molecule has 0 bridgehead atoms. The lowest BCUT2D eigenvalue weighted by Crippen LogP contribution is -2.34. The van der Waals surface area contributed by atoms with E-state index in [0.29, 0.717) is 23.4 Å². The van der Waals surface area contributed by atoms with Crippen molar-refractivity contribution in [2.24, 2.45) is 0 Å². The zero-order chi connectivity index (χ0) is 20.6. The molecule has 1 aliphatic rings. The summed E-state index contributed by atoms with van der Waals surface area (Å²) in [4.78, 5) is 12.7. The van der Waals surface area contributed by atoms with Crippen molar-refractivity contribution in [1.29, 1.82) is 0 Å². The number of sulfonamides is 1. The molecule has 0 saturated carbocycles. The van der Waals surface area contributed by atoms with E-state index in [-0.39, 0.29) is 11.9 Å². The van der Waals surface area contributed by atoms with E-state index in [0.717, 1.165) is 16.7 Å². The van der Waals surface area contributed by atoms with Gasteiger partial charge >= 0.3 is 0 Å². The first-order valence-electron chi connectivity index (χ1n) is 9.42. The summed E-state index contributed by atoms with van der Waals surface area (Å²) in [6.07, 6.45) is 1.80. The highest BCUT2D eigenvalue weighted by Crippen LogP contribution is 2.34. The Bertz CT molecular complexity index is 1160. The largest absolute Gasteiger partial charge is 0.322 e. The van der Waals surface area contributed by atoms with Crippen LogP contribution in [-0.2, 0) is 16.4 Å². The fourth-order valence-corrected chi connectivity index (χ4v) is 5.09. The van der Waals surface area contributed by atoms with Gasteiger partial charge in [0.25, 0.3) is 5.91 Å². The van der Waals surface area contributed by atoms with Gasteiger partial charge in [-0.1, -0.05) is 42.5 Å². The third kappa shape index (κ3) is 3.89. The molecule has 148 valence electrons. The van der Waals surface area contributed by atoms with E-state index in [9.17, 15) is 13.2 Å². The first kappa shape index (κ1) is 19.2. The summed E-state index contributed by atoms with van der Waals surface area (Å²) < 4.78 is 25.5. The summed E-state index contributed by atoms with van der Waals surface area (Å²) in [5, 5.41) is 2.91. The normalized spacial score (nSPS) is 15.8. The molecule has 0 aromatic heterocycles. The Kier molecular flexibility index (Phi) is 4.88.